The Morgan fingerprint density at radius 3 is 2.75 bits per heavy atom. The minimum Gasteiger partial charge on any atom is -0.478 e. The van der Waals surface area contributed by atoms with E-state index < -0.39 is 16.8 Å². The van der Waals surface area contributed by atoms with E-state index in [-0.39, 0.29) is 5.56 Å². The van der Waals surface area contributed by atoms with Crippen LogP contribution >= 0.6 is 15.9 Å². The zero-order chi connectivity index (χ0) is 14.3. The van der Waals surface area contributed by atoms with Gasteiger partial charge in [0, 0.05) is 10.2 Å². The first kappa shape index (κ1) is 14.3. The van der Waals surface area contributed by atoms with Gasteiger partial charge in [0.05, 0.1) is 21.3 Å². The van der Waals surface area contributed by atoms with Crippen LogP contribution < -0.4 is 0 Å². The average Bonchev–Trinajstić information content (AvgIpc) is 3.00. The molecule has 0 heterocycles. The molecule has 2 aliphatic rings. The first-order valence-electron chi connectivity index (χ1n) is 6.96. The van der Waals surface area contributed by atoms with Crippen LogP contribution in [-0.2, 0) is 10.8 Å². The molecule has 1 aromatic rings. The molecule has 0 spiro atoms. The summed E-state index contributed by atoms with van der Waals surface area (Å²) in [5.41, 5.74) is 0.162. The Balaban J connectivity index is 1.80. The molecule has 108 valence electrons. The second kappa shape index (κ2) is 5.60. The summed E-state index contributed by atoms with van der Waals surface area (Å²) in [6, 6.07) is 4.90. The summed E-state index contributed by atoms with van der Waals surface area (Å²) in [5.74, 6) is 1.65. The van der Waals surface area contributed by atoms with Gasteiger partial charge in [-0.05, 0) is 55.2 Å². The summed E-state index contributed by atoms with van der Waals surface area (Å²) in [4.78, 5) is 11.7. The van der Waals surface area contributed by atoms with Crippen LogP contribution in [0.3, 0.4) is 0 Å². The van der Waals surface area contributed by atoms with Crippen LogP contribution in [0, 0.1) is 17.8 Å². The highest BCUT2D eigenvalue weighted by Gasteiger charge is 2.40. The van der Waals surface area contributed by atoms with Crippen LogP contribution in [0.15, 0.2) is 27.6 Å². The van der Waals surface area contributed by atoms with E-state index in [1.54, 1.807) is 12.1 Å². The van der Waals surface area contributed by atoms with E-state index in [1.165, 1.54) is 31.7 Å². The van der Waals surface area contributed by atoms with E-state index >= 15 is 0 Å². The van der Waals surface area contributed by atoms with Crippen LogP contribution in [-0.4, -0.2) is 21.0 Å². The number of fused-ring (bicyclic) bond motifs is 2. The van der Waals surface area contributed by atoms with Gasteiger partial charge in [-0.3, -0.25) is 4.21 Å². The smallest absolute Gasteiger partial charge is 0.336 e. The molecule has 20 heavy (non-hydrogen) atoms. The number of benzene rings is 1. The summed E-state index contributed by atoms with van der Waals surface area (Å²) in [5, 5.41) is 9.22. The summed E-state index contributed by atoms with van der Waals surface area (Å²) in [7, 11) is -1.23. The van der Waals surface area contributed by atoms with Gasteiger partial charge in [0.1, 0.15) is 0 Å². The van der Waals surface area contributed by atoms with Gasteiger partial charge in [-0.2, -0.15) is 0 Å². The molecule has 1 aromatic carbocycles. The van der Waals surface area contributed by atoms with E-state index in [0.29, 0.717) is 22.5 Å². The molecule has 4 atom stereocenters. The fourth-order valence-electron chi connectivity index (χ4n) is 3.73. The Morgan fingerprint density at radius 1 is 1.35 bits per heavy atom. The summed E-state index contributed by atoms with van der Waals surface area (Å²) in [6.07, 6.45) is 5.04. The average molecular weight is 357 g/mol. The Bertz CT molecular complexity index is 572. The van der Waals surface area contributed by atoms with Crippen molar-refractivity contribution in [2.45, 2.75) is 30.6 Å². The highest BCUT2D eigenvalue weighted by atomic mass is 79.9. The van der Waals surface area contributed by atoms with E-state index in [2.05, 4.69) is 15.9 Å². The quantitative estimate of drug-likeness (QED) is 0.894. The van der Waals surface area contributed by atoms with Gasteiger partial charge < -0.3 is 5.11 Å². The predicted octanol–water partition coefficient (Wildman–Crippen LogP) is 3.69. The lowest BCUT2D eigenvalue weighted by molar-refractivity contribution is 0.0693. The molecule has 1 N–H and O–H groups in total. The zero-order valence-corrected chi connectivity index (χ0v) is 13.5. The third-order valence-corrected chi connectivity index (χ3v) is 6.72. The second-order valence-corrected chi connectivity index (χ2v) is 8.27. The number of hydrogen-bond donors (Lipinski definition) is 1. The minimum atomic E-state index is -1.23. The fraction of sp³-hybridized carbons (Fsp3) is 0.533. The van der Waals surface area contributed by atoms with E-state index in [9.17, 15) is 14.1 Å². The summed E-state index contributed by atoms with van der Waals surface area (Å²) in [6.45, 7) is 0. The molecule has 3 rings (SSSR count). The molecule has 2 saturated carbocycles. The lowest BCUT2D eigenvalue weighted by Gasteiger charge is -2.21. The first-order valence-corrected chi connectivity index (χ1v) is 9.07. The van der Waals surface area contributed by atoms with Crippen LogP contribution in [0.5, 0.6) is 0 Å². The number of rotatable bonds is 4. The van der Waals surface area contributed by atoms with Gasteiger partial charge >= 0.3 is 5.97 Å². The molecule has 0 radical (unpaired) electrons. The molecule has 5 heteroatoms. The molecule has 0 aliphatic heterocycles. The fourth-order valence-corrected chi connectivity index (χ4v) is 5.87. The number of carboxylic acids is 1. The lowest BCUT2D eigenvalue weighted by atomic mass is 9.90. The molecular weight excluding hydrogens is 340 g/mol. The third-order valence-electron chi connectivity index (χ3n) is 4.67. The van der Waals surface area contributed by atoms with Crippen molar-refractivity contribution in [1.82, 2.24) is 0 Å². The van der Waals surface area contributed by atoms with Gasteiger partial charge in [0.15, 0.2) is 0 Å². The first-order chi connectivity index (χ1) is 9.54. The minimum absolute atomic E-state index is 0.162. The van der Waals surface area contributed by atoms with E-state index in [4.69, 9.17) is 0 Å². The lowest BCUT2D eigenvalue weighted by Crippen LogP contribution is -2.19. The normalized spacial score (nSPS) is 29.6. The number of halogens is 1. The van der Waals surface area contributed by atoms with Gasteiger partial charge in [0.25, 0.3) is 0 Å². The Labute approximate surface area is 129 Å². The molecule has 0 saturated heterocycles. The van der Waals surface area contributed by atoms with E-state index in [0.717, 1.165) is 10.4 Å². The Hall–Kier alpha value is -0.680. The number of aromatic carboxylic acids is 1. The monoisotopic (exact) mass is 356 g/mol. The van der Waals surface area contributed by atoms with Crippen molar-refractivity contribution in [2.75, 3.05) is 5.75 Å². The topological polar surface area (TPSA) is 54.4 Å². The molecule has 2 fully saturated rings. The maximum Gasteiger partial charge on any atom is 0.336 e. The van der Waals surface area contributed by atoms with Crippen LogP contribution in [0.2, 0.25) is 0 Å². The summed E-state index contributed by atoms with van der Waals surface area (Å²) < 4.78 is 13.4. The van der Waals surface area contributed by atoms with Crippen molar-refractivity contribution in [2.24, 2.45) is 17.8 Å². The van der Waals surface area contributed by atoms with Crippen molar-refractivity contribution in [1.29, 1.82) is 0 Å². The van der Waals surface area contributed by atoms with Gasteiger partial charge in [-0.25, -0.2) is 4.79 Å². The van der Waals surface area contributed by atoms with Crippen LogP contribution in [0.25, 0.3) is 0 Å². The van der Waals surface area contributed by atoms with Gasteiger partial charge in [0.2, 0.25) is 0 Å². The summed E-state index contributed by atoms with van der Waals surface area (Å²) >= 11 is 3.33. The van der Waals surface area contributed by atoms with Crippen molar-refractivity contribution in [3.63, 3.8) is 0 Å². The van der Waals surface area contributed by atoms with Gasteiger partial charge in [-0.15, -0.1) is 0 Å². The molecule has 3 nitrogen and oxygen atoms in total. The molecular formula is C15H17BrO3S. The Morgan fingerprint density at radius 2 is 2.15 bits per heavy atom. The SMILES string of the molecule is O=C(O)c1ccc(Br)cc1S(=O)CC1CC2CCC1C2. The molecule has 0 aromatic heterocycles. The molecule has 2 aliphatic carbocycles. The van der Waals surface area contributed by atoms with Crippen molar-refractivity contribution >= 4 is 32.7 Å². The maximum atomic E-state index is 12.6. The Kier molecular flexibility index (Phi) is 4.00. The highest BCUT2D eigenvalue weighted by Crippen LogP contribution is 2.48. The van der Waals surface area contributed by atoms with Gasteiger partial charge in [-0.1, -0.05) is 22.4 Å². The number of carboxylic acid groups (broad SMARTS) is 1. The number of carbonyl (C=O) groups is 1. The molecule has 4 unspecified atom stereocenters. The maximum absolute atomic E-state index is 12.6. The molecule has 2 bridgehead atoms. The van der Waals surface area contributed by atoms with Crippen LogP contribution in [0.4, 0.5) is 0 Å². The zero-order valence-electron chi connectivity index (χ0n) is 11.0. The van der Waals surface area contributed by atoms with E-state index in [1.807, 2.05) is 0 Å². The van der Waals surface area contributed by atoms with Crippen LogP contribution in [0.1, 0.15) is 36.0 Å². The van der Waals surface area contributed by atoms with Crippen molar-refractivity contribution in [3.05, 3.63) is 28.2 Å². The van der Waals surface area contributed by atoms with Crippen molar-refractivity contribution in [3.8, 4) is 0 Å². The molecule has 0 amide bonds. The standard InChI is InChI=1S/C15H17BrO3S/c16-12-3-4-13(15(17)18)14(7-12)20(19)8-11-6-9-1-2-10(11)5-9/h3-4,7,9-11H,1-2,5-6,8H2,(H,17,18). The number of hydrogen-bond acceptors (Lipinski definition) is 2. The highest BCUT2D eigenvalue weighted by molar-refractivity contribution is 9.10. The second-order valence-electron chi connectivity index (χ2n) is 5.89. The van der Waals surface area contributed by atoms with Crippen molar-refractivity contribution < 1.29 is 14.1 Å². The third kappa shape index (κ3) is 2.70. The largest absolute Gasteiger partial charge is 0.478 e. The predicted molar refractivity (Wildman–Crippen MR) is 81.3 cm³/mol.